The van der Waals surface area contributed by atoms with Gasteiger partial charge in [0, 0.05) is 10.0 Å². The summed E-state index contributed by atoms with van der Waals surface area (Å²) in [5, 5.41) is 3.99. The Balaban J connectivity index is 1.70. The lowest BCUT2D eigenvalue weighted by Gasteiger charge is -2.11. The Labute approximate surface area is 189 Å². The highest BCUT2D eigenvalue weighted by Crippen LogP contribution is 2.29. The van der Waals surface area contributed by atoms with E-state index >= 15 is 0 Å². The molecular weight excluding hydrogens is 460 g/mol. The normalized spacial score (nSPS) is 10.7. The second kappa shape index (κ2) is 10.5. The Morgan fingerprint density at radius 1 is 1.00 bits per heavy atom. The maximum absolute atomic E-state index is 12.4. The van der Waals surface area contributed by atoms with Crippen molar-refractivity contribution >= 4 is 34.0 Å². The quantitative estimate of drug-likeness (QED) is 0.220. The molecule has 0 radical (unpaired) electrons. The number of amides is 1. The topological polar surface area (TPSA) is 77.0 Å². The van der Waals surface area contributed by atoms with Crippen LogP contribution >= 0.6 is 15.9 Å². The maximum atomic E-state index is 12.4. The van der Waals surface area contributed by atoms with Crippen molar-refractivity contribution in [2.75, 3.05) is 6.61 Å². The highest BCUT2D eigenvalue weighted by molar-refractivity contribution is 9.10. The number of hydrogen-bond donors (Lipinski definition) is 1. The molecule has 0 saturated carbocycles. The van der Waals surface area contributed by atoms with Crippen LogP contribution in [0.5, 0.6) is 11.5 Å². The Hall–Kier alpha value is -3.45. The number of carbonyl (C=O) groups is 2. The first kappa shape index (κ1) is 22.2. The molecule has 3 aromatic carbocycles. The molecule has 1 N–H and O–H groups in total. The van der Waals surface area contributed by atoms with Gasteiger partial charge in [-0.05, 0) is 67.9 Å². The lowest BCUT2D eigenvalue weighted by molar-refractivity contribution is 0.0728. The molecule has 0 aromatic heterocycles. The molecule has 6 nitrogen and oxygen atoms in total. The van der Waals surface area contributed by atoms with E-state index in [4.69, 9.17) is 9.47 Å². The molecule has 0 aliphatic rings. The number of hydrazone groups is 1. The number of esters is 1. The van der Waals surface area contributed by atoms with E-state index in [-0.39, 0.29) is 5.91 Å². The Kier molecular flexibility index (Phi) is 7.56. The number of nitrogens with zero attached hydrogens (tertiary/aromatic N) is 1. The molecule has 0 bridgehead atoms. The number of hydrogen-bond acceptors (Lipinski definition) is 5. The van der Waals surface area contributed by atoms with Gasteiger partial charge in [-0.25, -0.2) is 10.2 Å². The Morgan fingerprint density at radius 3 is 2.48 bits per heavy atom. The molecule has 0 spiro atoms. The SMILES string of the molecule is CCOc1cc(C=NNC(=O)c2cccc(Br)c2)ccc1OC(=O)c1ccc(C)cc1. The molecule has 3 aromatic rings. The zero-order chi connectivity index (χ0) is 22.2. The van der Waals surface area contributed by atoms with Crippen LogP contribution in [0, 0.1) is 6.92 Å². The first-order chi connectivity index (χ1) is 15.0. The Bertz CT molecular complexity index is 1110. The molecule has 7 heteroatoms. The van der Waals surface area contributed by atoms with Crippen LogP contribution in [0.4, 0.5) is 0 Å². The van der Waals surface area contributed by atoms with Gasteiger partial charge in [0.2, 0.25) is 0 Å². The number of carbonyl (C=O) groups excluding carboxylic acids is 2. The van der Waals surface area contributed by atoms with Crippen molar-refractivity contribution in [2.24, 2.45) is 5.10 Å². The molecule has 31 heavy (non-hydrogen) atoms. The molecule has 0 unspecified atom stereocenters. The van der Waals surface area contributed by atoms with Gasteiger partial charge < -0.3 is 9.47 Å². The number of ether oxygens (including phenoxy) is 2. The summed E-state index contributed by atoms with van der Waals surface area (Å²) in [5.74, 6) is -0.0807. The van der Waals surface area contributed by atoms with E-state index in [2.05, 4.69) is 26.5 Å². The first-order valence-corrected chi connectivity index (χ1v) is 10.4. The average Bonchev–Trinajstić information content (AvgIpc) is 2.76. The molecule has 0 heterocycles. The smallest absolute Gasteiger partial charge is 0.343 e. The minimum Gasteiger partial charge on any atom is -0.490 e. The third-order valence-corrected chi connectivity index (χ3v) is 4.72. The van der Waals surface area contributed by atoms with Crippen molar-refractivity contribution in [3.05, 3.63) is 93.5 Å². The number of halogens is 1. The first-order valence-electron chi connectivity index (χ1n) is 9.61. The van der Waals surface area contributed by atoms with Gasteiger partial charge in [-0.3, -0.25) is 4.79 Å². The zero-order valence-corrected chi connectivity index (χ0v) is 18.7. The summed E-state index contributed by atoms with van der Waals surface area (Å²) in [7, 11) is 0. The molecule has 0 saturated heterocycles. The highest BCUT2D eigenvalue weighted by atomic mass is 79.9. The molecule has 3 rings (SSSR count). The summed E-state index contributed by atoms with van der Waals surface area (Å²) < 4.78 is 11.9. The van der Waals surface area contributed by atoms with Crippen molar-refractivity contribution in [2.45, 2.75) is 13.8 Å². The highest BCUT2D eigenvalue weighted by Gasteiger charge is 2.13. The fourth-order valence-corrected chi connectivity index (χ4v) is 3.06. The van der Waals surface area contributed by atoms with Crippen molar-refractivity contribution in [1.82, 2.24) is 5.43 Å². The average molecular weight is 481 g/mol. The van der Waals surface area contributed by atoms with Gasteiger partial charge in [0.1, 0.15) is 0 Å². The van der Waals surface area contributed by atoms with Crippen molar-refractivity contribution in [1.29, 1.82) is 0 Å². The third kappa shape index (κ3) is 6.26. The molecule has 0 fully saturated rings. The zero-order valence-electron chi connectivity index (χ0n) is 17.1. The summed E-state index contributed by atoms with van der Waals surface area (Å²) in [6.07, 6.45) is 1.49. The van der Waals surface area contributed by atoms with Crippen molar-refractivity contribution in [3.63, 3.8) is 0 Å². The van der Waals surface area contributed by atoms with Gasteiger partial charge in [0.25, 0.3) is 5.91 Å². The largest absolute Gasteiger partial charge is 0.490 e. The molecule has 0 atom stereocenters. The van der Waals surface area contributed by atoms with Gasteiger partial charge in [-0.15, -0.1) is 0 Å². The summed E-state index contributed by atoms with van der Waals surface area (Å²) in [6, 6.07) is 19.2. The van der Waals surface area contributed by atoms with E-state index in [0.717, 1.165) is 10.0 Å². The van der Waals surface area contributed by atoms with E-state index in [1.54, 1.807) is 48.5 Å². The lowest BCUT2D eigenvalue weighted by Crippen LogP contribution is -2.17. The van der Waals surface area contributed by atoms with Crippen LogP contribution in [0.3, 0.4) is 0 Å². The monoisotopic (exact) mass is 480 g/mol. The van der Waals surface area contributed by atoms with E-state index < -0.39 is 5.97 Å². The van der Waals surface area contributed by atoms with Crippen LogP contribution in [0.2, 0.25) is 0 Å². The van der Waals surface area contributed by atoms with Gasteiger partial charge in [-0.2, -0.15) is 5.10 Å². The standard InChI is InChI=1S/C24H21BrN2O4/c1-3-30-22-13-17(15-26-27-23(28)19-5-4-6-20(25)14-19)9-12-21(22)31-24(29)18-10-7-16(2)8-11-18/h4-15H,3H2,1-2H3,(H,27,28). The number of nitrogens with one attached hydrogen (secondary N) is 1. The van der Waals surface area contributed by atoms with Crippen LogP contribution in [-0.4, -0.2) is 24.7 Å². The van der Waals surface area contributed by atoms with Crippen LogP contribution in [0.25, 0.3) is 0 Å². The van der Waals surface area contributed by atoms with Gasteiger partial charge >= 0.3 is 5.97 Å². The predicted octanol–water partition coefficient (Wildman–Crippen LogP) is 5.14. The fraction of sp³-hybridized carbons (Fsp3) is 0.125. The van der Waals surface area contributed by atoms with Crippen molar-refractivity contribution < 1.29 is 19.1 Å². The summed E-state index contributed by atoms with van der Waals surface area (Å²) >= 11 is 3.33. The van der Waals surface area contributed by atoms with E-state index in [1.165, 1.54) is 6.21 Å². The van der Waals surface area contributed by atoms with Gasteiger partial charge in [-0.1, -0.05) is 39.7 Å². The van der Waals surface area contributed by atoms with E-state index in [9.17, 15) is 9.59 Å². The van der Waals surface area contributed by atoms with Gasteiger partial charge in [0.15, 0.2) is 11.5 Å². The minimum absolute atomic E-state index is 0.308. The number of benzene rings is 3. The Morgan fingerprint density at radius 2 is 1.77 bits per heavy atom. The molecule has 0 aliphatic heterocycles. The van der Waals surface area contributed by atoms with E-state index in [1.807, 2.05) is 32.0 Å². The van der Waals surface area contributed by atoms with Crippen LogP contribution < -0.4 is 14.9 Å². The molecule has 158 valence electrons. The molecular formula is C24H21BrN2O4. The predicted molar refractivity (Wildman–Crippen MR) is 123 cm³/mol. The van der Waals surface area contributed by atoms with Crippen LogP contribution in [0.1, 0.15) is 38.8 Å². The van der Waals surface area contributed by atoms with Crippen molar-refractivity contribution in [3.8, 4) is 11.5 Å². The summed E-state index contributed by atoms with van der Waals surface area (Å²) in [5.41, 5.74) is 5.15. The molecule has 0 aliphatic carbocycles. The fourth-order valence-electron chi connectivity index (χ4n) is 2.67. The molecule has 1 amide bonds. The van der Waals surface area contributed by atoms with Crippen LogP contribution in [0.15, 0.2) is 76.3 Å². The van der Waals surface area contributed by atoms with E-state index in [0.29, 0.717) is 34.8 Å². The summed E-state index contributed by atoms with van der Waals surface area (Å²) in [6.45, 7) is 4.18. The maximum Gasteiger partial charge on any atom is 0.343 e. The third-order valence-electron chi connectivity index (χ3n) is 4.22. The summed E-state index contributed by atoms with van der Waals surface area (Å²) in [4.78, 5) is 24.6. The second-order valence-corrected chi connectivity index (χ2v) is 7.52. The second-order valence-electron chi connectivity index (χ2n) is 6.60. The number of aryl methyl sites for hydroxylation is 1. The number of rotatable bonds is 7. The van der Waals surface area contributed by atoms with Crippen LogP contribution in [-0.2, 0) is 0 Å². The minimum atomic E-state index is -0.469. The van der Waals surface area contributed by atoms with Gasteiger partial charge in [0.05, 0.1) is 18.4 Å². The lowest BCUT2D eigenvalue weighted by atomic mass is 10.1.